The minimum absolute atomic E-state index is 0.560. The maximum absolute atomic E-state index is 4.78. The monoisotopic (exact) mass is 113 g/mol. The summed E-state index contributed by atoms with van der Waals surface area (Å²) in [6, 6.07) is 0. The van der Waals surface area contributed by atoms with E-state index >= 15 is 0 Å². The molecule has 0 saturated heterocycles. The van der Waals surface area contributed by atoms with Gasteiger partial charge in [-0.15, -0.1) is 0 Å². The van der Waals surface area contributed by atoms with E-state index in [1.165, 1.54) is 0 Å². The lowest BCUT2D eigenvalue weighted by Crippen LogP contribution is -1.82. The number of hydrogen-bond acceptors (Lipinski definition) is 3. The number of aromatic nitrogens is 1. The zero-order chi connectivity index (χ0) is 5.98. The lowest BCUT2D eigenvalue weighted by atomic mass is 10.4. The Labute approximate surface area is 47.2 Å². The molecule has 0 radical (unpaired) electrons. The van der Waals surface area contributed by atoms with E-state index in [-0.39, 0.29) is 0 Å². The number of aryl methyl sites for hydroxylation is 1. The molecule has 1 aromatic rings. The van der Waals surface area contributed by atoms with Crippen LogP contribution < -0.4 is 4.74 Å². The van der Waals surface area contributed by atoms with Crippen molar-refractivity contribution in [2.24, 2.45) is 0 Å². The molecule has 44 valence electrons. The van der Waals surface area contributed by atoms with Gasteiger partial charge in [0, 0.05) is 0 Å². The fourth-order valence-corrected chi connectivity index (χ4v) is 0.474. The van der Waals surface area contributed by atoms with Crippen LogP contribution in [0.3, 0.4) is 0 Å². The second kappa shape index (κ2) is 1.86. The quantitative estimate of drug-likeness (QED) is 0.544. The Morgan fingerprint density at radius 3 is 2.75 bits per heavy atom. The minimum Gasteiger partial charge on any atom is -0.479 e. The molecule has 1 aromatic heterocycles. The van der Waals surface area contributed by atoms with Crippen molar-refractivity contribution in [1.29, 1.82) is 0 Å². The molecule has 8 heavy (non-hydrogen) atoms. The molecular weight excluding hydrogens is 106 g/mol. The molecule has 0 spiro atoms. The van der Waals surface area contributed by atoms with Crippen LogP contribution in [-0.4, -0.2) is 12.3 Å². The number of nitrogens with zero attached hydrogens (tertiary/aromatic N) is 1. The zero-order valence-corrected chi connectivity index (χ0v) is 4.84. The molecule has 0 saturated carbocycles. The Hall–Kier alpha value is -0.990. The Balaban J connectivity index is 2.92. The average molecular weight is 113 g/mol. The molecule has 3 nitrogen and oxygen atoms in total. The molecule has 0 aliphatic carbocycles. The maximum atomic E-state index is 4.78. The summed E-state index contributed by atoms with van der Waals surface area (Å²) in [5.74, 6) is 0.560. The number of ether oxygens (including phenoxy) is 1. The standard InChI is InChI=1S/C5H7NO2/c1-4-3-8-6-5(4)7-2/h3H,1-2H3. The molecule has 0 aliphatic heterocycles. The Morgan fingerprint density at radius 2 is 2.50 bits per heavy atom. The SMILES string of the molecule is COc1nocc1C. The summed E-state index contributed by atoms with van der Waals surface area (Å²) in [4.78, 5) is 0. The predicted molar refractivity (Wildman–Crippen MR) is 27.8 cm³/mol. The molecule has 0 aromatic carbocycles. The predicted octanol–water partition coefficient (Wildman–Crippen LogP) is 0.992. The van der Waals surface area contributed by atoms with Crippen molar-refractivity contribution in [3.8, 4) is 5.88 Å². The van der Waals surface area contributed by atoms with Gasteiger partial charge in [0.1, 0.15) is 6.26 Å². The lowest BCUT2D eigenvalue weighted by Gasteiger charge is -1.88. The molecule has 0 unspecified atom stereocenters. The zero-order valence-electron chi connectivity index (χ0n) is 4.84. The van der Waals surface area contributed by atoms with Gasteiger partial charge in [-0.2, -0.15) is 0 Å². The Kier molecular flexibility index (Phi) is 1.20. The van der Waals surface area contributed by atoms with Gasteiger partial charge >= 0.3 is 0 Å². The minimum atomic E-state index is 0.560. The number of hydrogen-bond donors (Lipinski definition) is 0. The molecule has 0 bridgehead atoms. The molecule has 0 amide bonds. The molecule has 1 rings (SSSR count). The van der Waals surface area contributed by atoms with Gasteiger partial charge in [-0.1, -0.05) is 0 Å². The molecule has 0 N–H and O–H groups in total. The van der Waals surface area contributed by atoms with Crippen LogP contribution in [0.5, 0.6) is 5.88 Å². The summed E-state index contributed by atoms with van der Waals surface area (Å²) in [7, 11) is 1.56. The fraction of sp³-hybridized carbons (Fsp3) is 0.400. The second-order valence-electron chi connectivity index (χ2n) is 1.51. The summed E-state index contributed by atoms with van der Waals surface area (Å²) < 4.78 is 9.34. The summed E-state index contributed by atoms with van der Waals surface area (Å²) >= 11 is 0. The summed E-state index contributed by atoms with van der Waals surface area (Å²) in [5.41, 5.74) is 0.924. The van der Waals surface area contributed by atoms with Gasteiger partial charge in [-0.05, 0) is 12.1 Å². The van der Waals surface area contributed by atoms with Crippen LogP contribution in [0.25, 0.3) is 0 Å². The van der Waals surface area contributed by atoms with E-state index in [1.54, 1.807) is 13.4 Å². The highest BCUT2D eigenvalue weighted by molar-refractivity contribution is 5.17. The van der Waals surface area contributed by atoms with E-state index in [0.717, 1.165) is 5.56 Å². The van der Waals surface area contributed by atoms with Crippen molar-refractivity contribution in [2.45, 2.75) is 6.92 Å². The van der Waals surface area contributed by atoms with Crippen molar-refractivity contribution < 1.29 is 9.26 Å². The van der Waals surface area contributed by atoms with Crippen molar-refractivity contribution in [2.75, 3.05) is 7.11 Å². The van der Waals surface area contributed by atoms with Crippen molar-refractivity contribution in [3.05, 3.63) is 11.8 Å². The smallest absolute Gasteiger partial charge is 0.256 e. The van der Waals surface area contributed by atoms with Gasteiger partial charge in [0.15, 0.2) is 0 Å². The second-order valence-corrected chi connectivity index (χ2v) is 1.51. The molecule has 3 heteroatoms. The highest BCUT2D eigenvalue weighted by Gasteiger charge is 1.98. The van der Waals surface area contributed by atoms with E-state index in [1.807, 2.05) is 6.92 Å². The van der Waals surface area contributed by atoms with Crippen LogP contribution in [0.2, 0.25) is 0 Å². The molecule has 0 aliphatic rings. The maximum Gasteiger partial charge on any atom is 0.256 e. The van der Waals surface area contributed by atoms with Gasteiger partial charge in [-0.3, -0.25) is 0 Å². The van der Waals surface area contributed by atoms with E-state index in [2.05, 4.69) is 9.68 Å². The van der Waals surface area contributed by atoms with Gasteiger partial charge in [0.25, 0.3) is 5.88 Å². The van der Waals surface area contributed by atoms with Gasteiger partial charge in [-0.25, -0.2) is 0 Å². The summed E-state index contributed by atoms with van der Waals surface area (Å²) in [5, 5.41) is 3.54. The number of methoxy groups -OCH3 is 1. The largest absolute Gasteiger partial charge is 0.479 e. The third-order valence-corrected chi connectivity index (χ3v) is 0.896. The van der Waals surface area contributed by atoms with Crippen molar-refractivity contribution in [3.63, 3.8) is 0 Å². The first kappa shape index (κ1) is 5.15. The molecule has 0 fully saturated rings. The topological polar surface area (TPSA) is 35.3 Å². The normalized spacial score (nSPS) is 9.25. The summed E-state index contributed by atoms with van der Waals surface area (Å²) in [6.45, 7) is 1.87. The van der Waals surface area contributed by atoms with Gasteiger partial charge < -0.3 is 9.26 Å². The number of rotatable bonds is 1. The first-order chi connectivity index (χ1) is 3.84. The van der Waals surface area contributed by atoms with E-state index < -0.39 is 0 Å². The van der Waals surface area contributed by atoms with Crippen LogP contribution in [-0.2, 0) is 0 Å². The average Bonchev–Trinajstić information content (AvgIpc) is 2.14. The van der Waals surface area contributed by atoms with E-state index in [4.69, 9.17) is 4.74 Å². The van der Waals surface area contributed by atoms with Crippen LogP contribution in [0.15, 0.2) is 10.8 Å². The van der Waals surface area contributed by atoms with Crippen LogP contribution >= 0.6 is 0 Å². The van der Waals surface area contributed by atoms with E-state index in [9.17, 15) is 0 Å². The van der Waals surface area contributed by atoms with Crippen LogP contribution in [0.4, 0.5) is 0 Å². The highest BCUT2D eigenvalue weighted by atomic mass is 16.5. The molecular formula is C5H7NO2. The Bertz CT molecular complexity index is 171. The lowest BCUT2D eigenvalue weighted by molar-refractivity contribution is 0.338. The van der Waals surface area contributed by atoms with Crippen LogP contribution in [0, 0.1) is 6.92 Å². The fourth-order valence-electron chi connectivity index (χ4n) is 0.474. The first-order valence-electron chi connectivity index (χ1n) is 2.29. The molecule has 0 atom stereocenters. The summed E-state index contributed by atoms with van der Waals surface area (Å²) in [6.07, 6.45) is 1.54. The highest BCUT2D eigenvalue weighted by Crippen LogP contribution is 2.11. The molecule has 1 heterocycles. The van der Waals surface area contributed by atoms with Crippen molar-refractivity contribution >= 4 is 0 Å². The third kappa shape index (κ3) is 0.665. The van der Waals surface area contributed by atoms with Crippen molar-refractivity contribution in [1.82, 2.24) is 5.16 Å². The first-order valence-corrected chi connectivity index (χ1v) is 2.29. The van der Waals surface area contributed by atoms with Gasteiger partial charge in [0.05, 0.1) is 12.7 Å². The third-order valence-electron chi connectivity index (χ3n) is 0.896. The van der Waals surface area contributed by atoms with E-state index in [0.29, 0.717) is 5.88 Å². The van der Waals surface area contributed by atoms with Gasteiger partial charge in [0.2, 0.25) is 0 Å². The Morgan fingerprint density at radius 1 is 1.75 bits per heavy atom. The van der Waals surface area contributed by atoms with Crippen LogP contribution in [0.1, 0.15) is 5.56 Å².